The van der Waals surface area contributed by atoms with Gasteiger partial charge in [-0.15, -0.1) is 0 Å². The van der Waals surface area contributed by atoms with Gasteiger partial charge in [-0.1, -0.05) is 5.57 Å². The van der Waals surface area contributed by atoms with E-state index in [0.29, 0.717) is 12.8 Å². The van der Waals surface area contributed by atoms with Crippen LogP contribution in [0.3, 0.4) is 0 Å². The molecule has 42 valence electrons. The van der Waals surface area contributed by atoms with Gasteiger partial charge in [-0.05, 0) is 12.8 Å². The molecule has 0 unspecified atom stereocenters. The predicted molar refractivity (Wildman–Crippen MR) is 28.9 cm³/mol. The number of rotatable bonds is 0. The molecule has 0 saturated heterocycles. The van der Waals surface area contributed by atoms with Gasteiger partial charge in [0.05, 0.1) is 12.2 Å². The summed E-state index contributed by atoms with van der Waals surface area (Å²) in [6, 6.07) is 1.92. The van der Waals surface area contributed by atoms with E-state index in [-0.39, 0.29) is 6.10 Å². The van der Waals surface area contributed by atoms with E-state index in [9.17, 15) is 0 Å². The zero-order valence-corrected chi connectivity index (χ0v) is 4.46. The SMILES string of the molecule is N#CC=C1CC(O)C1. The fraction of sp³-hybridized carbons (Fsp3) is 0.500. The molecule has 0 aromatic carbocycles. The number of aliphatic hydroxyl groups excluding tert-OH is 1. The van der Waals surface area contributed by atoms with Crippen molar-refractivity contribution in [1.82, 2.24) is 0 Å². The average Bonchev–Trinajstić information content (AvgIpc) is 1.64. The van der Waals surface area contributed by atoms with Crippen LogP contribution in [0.2, 0.25) is 0 Å². The third-order valence-corrected chi connectivity index (χ3v) is 1.26. The molecule has 1 aliphatic carbocycles. The van der Waals surface area contributed by atoms with Crippen LogP contribution in [0, 0.1) is 11.3 Å². The van der Waals surface area contributed by atoms with Crippen molar-refractivity contribution in [3.8, 4) is 6.07 Å². The maximum atomic E-state index is 8.69. The molecule has 0 spiro atoms. The van der Waals surface area contributed by atoms with Crippen molar-refractivity contribution in [1.29, 1.82) is 5.26 Å². The zero-order valence-electron chi connectivity index (χ0n) is 4.46. The van der Waals surface area contributed by atoms with Crippen molar-refractivity contribution in [2.75, 3.05) is 0 Å². The average molecular weight is 109 g/mol. The Kier molecular flexibility index (Phi) is 1.32. The van der Waals surface area contributed by atoms with Gasteiger partial charge in [0.15, 0.2) is 0 Å². The molecule has 0 bridgehead atoms. The maximum Gasteiger partial charge on any atom is 0.0911 e. The number of nitrogens with zero attached hydrogens (tertiary/aromatic N) is 1. The maximum absolute atomic E-state index is 8.69. The van der Waals surface area contributed by atoms with Gasteiger partial charge < -0.3 is 5.11 Å². The van der Waals surface area contributed by atoms with Gasteiger partial charge in [-0.3, -0.25) is 0 Å². The van der Waals surface area contributed by atoms with E-state index in [2.05, 4.69) is 0 Å². The Morgan fingerprint density at radius 1 is 1.75 bits per heavy atom. The highest BCUT2D eigenvalue weighted by molar-refractivity contribution is 5.20. The molecule has 0 atom stereocenters. The highest BCUT2D eigenvalue weighted by Gasteiger charge is 2.19. The molecule has 1 fully saturated rings. The van der Waals surface area contributed by atoms with Crippen molar-refractivity contribution in [3.63, 3.8) is 0 Å². The van der Waals surface area contributed by atoms with Crippen molar-refractivity contribution in [2.45, 2.75) is 18.9 Å². The summed E-state index contributed by atoms with van der Waals surface area (Å²) in [5.41, 5.74) is 1.07. The molecular formula is C6H7NO. The largest absolute Gasteiger partial charge is 0.392 e. The summed E-state index contributed by atoms with van der Waals surface area (Å²) in [5, 5.41) is 16.8. The number of hydrogen-bond acceptors (Lipinski definition) is 2. The van der Waals surface area contributed by atoms with E-state index in [4.69, 9.17) is 10.4 Å². The molecule has 0 heterocycles. The van der Waals surface area contributed by atoms with Crippen LogP contribution in [-0.2, 0) is 0 Å². The minimum Gasteiger partial charge on any atom is -0.392 e. The molecular weight excluding hydrogens is 102 g/mol. The highest BCUT2D eigenvalue weighted by Crippen LogP contribution is 2.25. The minimum absolute atomic E-state index is 0.172. The van der Waals surface area contributed by atoms with E-state index in [1.807, 2.05) is 6.07 Å². The summed E-state index contributed by atoms with van der Waals surface area (Å²) in [7, 11) is 0. The topological polar surface area (TPSA) is 44.0 Å². The summed E-state index contributed by atoms with van der Waals surface area (Å²) < 4.78 is 0. The lowest BCUT2D eigenvalue weighted by molar-refractivity contribution is 0.136. The summed E-state index contributed by atoms with van der Waals surface area (Å²) in [5.74, 6) is 0. The Hall–Kier alpha value is -0.810. The normalized spacial score (nSPS) is 26.0. The van der Waals surface area contributed by atoms with Crippen LogP contribution in [0.25, 0.3) is 0 Å². The van der Waals surface area contributed by atoms with Gasteiger partial charge in [0.1, 0.15) is 0 Å². The van der Waals surface area contributed by atoms with Gasteiger partial charge in [-0.2, -0.15) is 5.26 Å². The first-order valence-electron chi connectivity index (χ1n) is 2.58. The Balaban J connectivity index is 2.37. The lowest BCUT2D eigenvalue weighted by atomic mass is 9.89. The second-order valence-corrected chi connectivity index (χ2v) is 1.99. The molecule has 2 nitrogen and oxygen atoms in total. The van der Waals surface area contributed by atoms with Crippen LogP contribution < -0.4 is 0 Å². The Morgan fingerprint density at radius 3 is 2.75 bits per heavy atom. The van der Waals surface area contributed by atoms with Crippen LogP contribution in [-0.4, -0.2) is 11.2 Å². The second-order valence-electron chi connectivity index (χ2n) is 1.99. The molecule has 1 rings (SSSR count). The summed E-state index contributed by atoms with van der Waals surface area (Å²) in [4.78, 5) is 0. The number of nitriles is 1. The van der Waals surface area contributed by atoms with Gasteiger partial charge in [0.25, 0.3) is 0 Å². The van der Waals surface area contributed by atoms with E-state index in [1.54, 1.807) is 0 Å². The monoisotopic (exact) mass is 109 g/mol. The number of hydrogen-bond donors (Lipinski definition) is 1. The molecule has 0 aromatic heterocycles. The third kappa shape index (κ3) is 0.877. The fourth-order valence-corrected chi connectivity index (χ4v) is 0.755. The Bertz CT molecular complexity index is 146. The first-order chi connectivity index (χ1) is 3.83. The molecule has 1 N–H and O–H groups in total. The van der Waals surface area contributed by atoms with Crippen molar-refractivity contribution in [3.05, 3.63) is 11.6 Å². The lowest BCUT2D eigenvalue weighted by Crippen LogP contribution is -2.19. The second kappa shape index (κ2) is 1.97. The van der Waals surface area contributed by atoms with Gasteiger partial charge in [0, 0.05) is 6.08 Å². The van der Waals surface area contributed by atoms with Crippen LogP contribution >= 0.6 is 0 Å². The quantitative estimate of drug-likeness (QED) is 0.463. The first-order valence-corrected chi connectivity index (χ1v) is 2.58. The summed E-state index contributed by atoms with van der Waals surface area (Å²) >= 11 is 0. The standard InChI is InChI=1S/C6H7NO/c7-2-1-5-3-6(8)4-5/h1,6,8H,3-4H2. The highest BCUT2D eigenvalue weighted by atomic mass is 16.3. The molecule has 0 aliphatic heterocycles. The van der Waals surface area contributed by atoms with E-state index >= 15 is 0 Å². The number of allylic oxidation sites excluding steroid dienone is 1. The van der Waals surface area contributed by atoms with E-state index < -0.39 is 0 Å². The predicted octanol–water partition coefficient (Wildman–Crippen LogP) is 0.591. The molecule has 0 radical (unpaired) electrons. The van der Waals surface area contributed by atoms with E-state index in [0.717, 1.165) is 5.57 Å². The van der Waals surface area contributed by atoms with Crippen molar-refractivity contribution in [2.24, 2.45) is 0 Å². The molecule has 1 saturated carbocycles. The molecule has 8 heavy (non-hydrogen) atoms. The van der Waals surface area contributed by atoms with Crippen molar-refractivity contribution >= 4 is 0 Å². The Morgan fingerprint density at radius 2 is 2.38 bits per heavy atom. The van der Waals surface area contributed by atoms with E-state index in [1.165, 1.54) is 6.08 Å². The fourth-order valence-electron chi connectivity index (χ4n) is 0.755. The Labute approximate surface area is 48.1 Å². The van der Waals surface area contributed by atoms with Gasteiger partial charge in [0.2, 0.25) is 0 Å². The molecule has 1 aliphatic rings. The van der Waals surface area contributed by atoms with Gasteiger partial charge in [-0.25, -0.2) is 0 Å². The smallest absolute Gasteiger partial charge is 0.0911 e. The molecule has 2 heteroatoms. The zero-order chi connectivity index (χ0) is 5.98. The van der Waals surface area contributed by atoms with Crippen LogP contribution in [0.4, 0.5) is 0 Å². The van der Waals surface area contributed by atoms with Crippen LogP contribution in [0.1, 0.15) is 12.8 Å². The van der Waals surface area contributed by atoms with Crippen LogP contribution in [0.15, 0.2) is 11.6 Å². The molecule has 0 aromatic rings. The van der Waals surface area contributed by atoms with Crippen molar-refractivity contribution < 1.29 is 5.11 Å². The third-order valence-electron chi connectivity index (χ3n) is 1.26. The lowest BCUT2D eigenvalue weighted by Gasteiger charge is -2.22. The van der Waals surface area contributed by atoms with Crippen LogP contribution in [0.5, 0.6) is 0 Å². The summed E-state index contributed by atoms with van der Waals surface area (Å²) in [6.45, 7) is 0. The number of aliphatic hydroxyl groups is 1. The first kappa shape index (κ1) is 5.33. The molecule has 0 amide bonds. The summed E-state index contributed by atoms with van der Waals surface area (Å²) in [6.07, 6.45) is 2.74. The van der Waals surface area contributed by atoms with Gasteiger partial charge >= 0.3 is 0 Å². The minimum atomic E-state index is -0.172.